The highest BCUT2D eigenvalue weighted by Gasteiger charge is 2.27. The summed E-state index contributed by atoms with van der Waals surface area (Å²) in [6.07, 6.45) is 22.3. The molecule has 0 aromatic carbocycles. The molecule has 0 aliphatic heterocycles. The Bertz CT molecular complexity index is 742. The summed E-state index contributed by atoms with van der Waals surface area (Å²) in [7, 11) is -4.44. The van der Waals surface area contributed by atoms with E-state index in [0.717, 1.165) is 32.1 Å². The molecule has 34 heavy (non-hydrogen) atoms. The largest absolute Gasteiger partial charge is 0.387 e. The van der Waals surface area contributed by atoms with Gasteiger partial charge in [0.1, 0.15) is 6.10 Å². The van der Waals surface area contributed by atoms with E-state index in [9.17, 15) is 28.0 Å². The highest BCUT2D eigenvalue weighted by molar-refractivity contribution is 7.85. The maximum absolute atomic E-state index is 12.3. The molecule has 0 spiro atoms. The third-order valence-electron chi connectivity index (χ3n) is 5.17. The van der Waals surface area contributed by atoms with Gasteiger partial charge in [-0.15, -0.1) is 0 Å². The van der Waals surface area contributed by atoms with Crippen LogP contribution in [-0.2, 0) is 14.9 Å². The second kappa shape index (κ2) is 20.6. The van der Waals surface area contributed by atoms with Gasteiger partial charge in [-0.2, -0.15) is 8.42 Å². The maximum Gasteiger partial charge on any atom is 0.267 e. The minimum Gasteiger partial charge on any atom is -0.387 e. The van der Waals surface area contributed by atoms with Crippen molar-refractivity contribution in [2.75, 3.05) is 5.75 Å². The Morgan fingerprint density at radius 2 is 1.44 bits per heavy atom. The Morgan fingerprint density at radius 3 is 2.06 bits per heavy atom. The second-order valence-corrected chi connectivity index (χ2v) is 9.89. The summed E-state index contributed by atoms with van der Waals surface area (Å²) in [6, 6.07) is -1.26. The quantitative estimate of drug-likeness (QED) is 0.110. The van der Waals surface area contributed by atoms with Crippen molar-refractivity contribution in [3.8, 4) is 0 Å². The van der Waals surface area contributed by atoms with E-state index in [1.165, 1.54) is 25.3 Å². The van der Waals surface area contributed by atoms with Crippen molar-refractivity contribution in [2.45, 2.75) is 103 Å². The van der Waals surface area contributed by atoms with Gasteiger partial charge in [-0.25, -0.2) is 0 Å². The minimum absolute atomic E-state index is 0.183. The molecule has 3 atom stereocenters. The fraction of sp³-hybridized carbons (Fsp3) is 0.654. The summed E-state index contributed by atoms with van der Waals surface area (Å²) >= 11 is 0. The Labute approximate surface area is 206 Å². The summed E-state index contributed by atoms with van der Waals surface area (Å²) in [5.74, 6) is -1.62. The van der Waals surface area contributed by atoms with Crippen LogP contribution < -0.4 is 5.32 Å². The molecule has 0 aliphatic carbocycles. The first-order chi connectivity index (χ1) is 16.2. The van der Waals surface area contributed by atoms with Crippen LogP contribution in [0.2, 0.25) is 0 Å². The number of unbranched alkanes of at least 4 members (excludes halogenated alkanes) is 6. The summed E-state index contributed by atoms with van der Waals surface area (Å²) < 4.78 is 31.9. The molecule has 0 saturated heterocycles. The lowest BCUT2D eigenvalue weighted by molar-refractivity contribution is -0.130. The van der Waals surface area contributed by atoms with Gasteiger partial charge < -0.3 is 15.5 Å². The van der Waals surface area contributed by atoms with Crippen molar-refractivity contribution in [1.82, 2.24) is 5.32 Å². The van der Waals surface area contributed by atoms with Gasteiger partial charge >= 0.3 is 0 Å². The number of carbonyl (C=O) groups excluding carboxylic acids is 1. The second-order valence-electron chi connectivity index (χ2n) is 8.39. The van der Waals surface area contributed by atoms with Crippen molar-refractivity contribution in [3.63, 3.8) is 0 Å². The molecule has 0 aromatic heterocycles. The van der Waals surface area contributed by atoms with Gasteiger partial charge in [0.2, 0.25) is 5.91 Å². The number of nitrogens with one attached hydrogen (secondary N) is 1. The first kappa shape index (κ1) is 32.3. The fourth-order valence-corrected chi connectivity index (χ4v) is 3.93. The molecule has 0 heterocycles. The number of aliphatic hydroxyl groups excluding tert-OH is 2. The normalized spacial score (nSPS) is 15.6. The number of hydrogen-bond donors (Lipinski definition) is 4. The zero-order valence-electron chi connectivity index (χ0n) is 20.8. The summed E-state index contributed by atoms with van der Waals surface area (Å²) in [5, 5.41) is 22.8. The molecule has 4 N–H and O–H groups in total. The Morgan fingerprint density at radius 1 is 0.853 bits per heavy atom. The summed E-state index contributed by atoms with van der Waals surface area (Å²) in [6.45, 7) is 4.14. The Kier molecular flexibility index (Phi) is 19.6. The molecule has 0 rings (SSSR count). The zero-order chi connectivity index (χ0) is 25.7. The summed E-state index contributed by atoms with van der Waals surface area (Å²) in [4.78, 5) is 12.3. The lowest BCUT2D eigenvalue weighted by atomic mass is 10.1. The van der Waals surface area contributed by atoms with E-state index in [0.29, 0.717) is 12.8 Å². The lowest BCUT2D eigenvalue weighted by Gasteiger charge is -2.22. The van der Waals surface area contributed by atoms with Crippen molar-refractivity contribution in [2.24, 2.45) is 0 Å². The summed E-state index contributed by atoms with van der Waals surface area (Å²) in [5.41, 5.74) is 0. The third-order valence-corrected chi connectivity index (χ3v) is 5.95. The predicted octanol–water partition coefficient (Wildman–Crippen LogP) is 4.64. The lowest BCUT2D eigenvalue weighted by Crippen LogP contribution is -2.50. The van der Waals surface area contributed by atoms with Crippen LogP contribution in [0.5, 0.6) is 0 Å². The topological polar surface area (TPSA) is 124 Å². The van der Waals surface area contributed by atoms with Crippen LogP contribution in [0.4, 0.5) is 0 Å². The van der Waals surface area contributed by atoms with Crippen molar-refractivity contribution in [1.29, 1.82) is 0 Å². The van der Waals surface area contributed by atoms with Crippen LogP contribution in [-0.4, -0.2) is 53.1 Å². The van der Waals surface area contributed by atoms with Gasteiger partial charge in [0.05, 0.1) is 17.9 Å². The van der Waals surface area contributed by atoms with Crippen LogP contribution in [0.25, 0.3) is 0 Å². The average Bonchev–Trinajstić information content (AvgIpc) is 2.78. The molecule has 1 amide bonds. The monoisotopic (exact) mass is 499 g/mol. The molecule has 196 valence electrons. The van der Waals surface area contributed by atoms with Gasteiger partial charge in [-0.3, -0.25) is 9.35 Å². The number of rotatable bonds is 20. The molecule has 0 aromatic rings. The van der Waals surface area contributed by atoms with E-state index in [-0.39, 0.29) is 6.42 Å². The van der Waals surface area contributed by atoms with Crippen LogP contribution in [0, 0.1) is 0 Å². The molecule has 0 aliphatic rings. The van der Waals surface area contributed by atoms with Gasteiger partial charge in [-0.05, 0) is 58.3 Å². The molecular formula is C26H45NO6S. The molecular weight excluding hydrogens is 454 g/mol. The molecule has 8 heteroatoms. The van der Waals surface area contributed by atoms with E-state index in [1.54, 1.807) is 6.08 Å². The first-order valence-corrected chi connectivity index (χ1v) is 14.0. The number of allylic oxidation sites excluding steroid dienone is 7. The van der Waals surface area contributed by atoms with E-state index >= 15 is 0 Å². The highest BCUT2D eigenvalue weighted by atomic mass is 32.2. The minimum atomic E-state index is -4.44. The van der Waals surface area contributed by atoms with Gasteiger partial charge in [0.15, 0.2) is 0 Å². The van der Waals surface area contributed by atoms with Gasteiger partial charge in [0.25, 0.3) is 10.1 Å². The van der Waals surface area contributed by atoms with Crippen LogP contribution in [0.15, 0.2) is 48.6 Å². The van der Waals surface area contributed by atoms with E-state index in [2.05, 4.69) is 24.4 Å². The molecule has 0 bridgehead atoms. The highest BCUT2D eigenvalue weighted by Crippen LogP contribution is 2.07. The third kappa shape index (κ3) is 19.7. The number of carbonyl (C=O) groups is 1. The van der Waals surface area contributed by atoms with Gasteiger partial charge in [-0.1, -0.05) is 74.8 Å². The maximum atomic E-state index is 12.3. The van der Waals surface area contributed by atoms with Crippen molar-refractivity contribution >= 4 is 16.0 Å². The first-order valence-electron chi connectivity index (χ1n) is 12.4. The molecule has 0 fully saturated rings. The zero-order valence-corrected chi connectivity index (χ0v) is 21.6. The molecule has 7 nitrogen and oxygen atoms in total. The van der Waals surface area contributed by atoms with Crippen molar-refractivity contribution < 1.29 is 28.0 Å². The van der Waals surface area contributed by atoms with Crippen LogP contribution in [0.1, 0.15) is 84.5 Å². The van der Waals surface area contributed by atoms with E-state index in [1.807, 2.05) is 31.2 Å². The molecule has 3 unspecified atom stereocenters. The average molecular weight is 500 g/mol. The standard InChI is InChI=1S/C26H45NO6S/c1-3-5-7-9-11-13-15-16-18-20-24(28)23(22-34(31,32)33)27-26(30)25(29)21-19-17-14-12-10-8-6-4-2/h3,5,11,13-14,17-18,20,23-25,28-29H,4,6-10,12,15-16,19,21-22H2,1-2H3,(H,27,30)(H,31,32,33)/b5-3+,13-11+,17-14-,20-18+. The smallest absolute Gasteiger partial charge is 0.267 e. The predicted molar refractivity (Wildman–Crippen MR) is 139 cm³/mol. The van der Waals surface area contributed by atoms with E-state index < -0.39 is 40.0 Å². The Hall–Kier alpha value is -1.74. The number of aliphatic hydroxyl groups is 2. The fourth-order valence-electron chi connectivity index (χ4n) is 3.20. The van der Waals surface area contributed by atoms with E-state index in [4.69, 9.17) is 0 Å². The van der Waals surface area contributed by atoms with Gasteiger partial charge in [0, 0.05) is 0 Å². The van der Waals surface area contributed by atoms with Crippen LogP contribution in [0.3, 0.4) is 0 Å². The van der Waals surface area contributed by atoms with Crippen LogP contribution >= 0.6 is 0 Å². The molecule has 0 saturated carbocycles. The SMILES string of the molecule is C/C=C/CC/C=C/CC/C=C/C(O)C(CS(=O)(=O)O)NC(=O)C(O)CC/C=C\CCCCCC. The number of amides is 1. The number of hydrogen-bond acceptors (Lipinski definition) is 5. The molecule has 0 radical (unpaired) electrons. The van der Waals surface area contributed by atoms with Crippen molar-refractivity contribution in [3.05, 3.63) is 48.6 Å². The Balaban J connectivity index is 4.57.